The van der Waals surface area contributed by atoms with Crippen LogP contribution in [0.1, 0.15) is 55.2 Å². The fourth-order valence-corrected chi connectivity index (χ4v) is 4.90. The highest BCUT2D eigenvalue weighted by atomic mass is 16.5. The van der Waals surface area contributed by atoms with E-state index >= 15 is 0 Å². The molecule has 2 aliphatic carbocycles. The highest BCUT2D eigenvalue weighted by Gasteiger charge is 2.26. The fourth-order valence-electron chi connectivity index (χ4n) is 4.90. The quantitative estimate of drug-likeness (QED) is 0.694. The molecule has 0 radical (unpaired) electrons. The molecule has 1 saturated heterocycles. The molecular weight excluding hydrogens is 346 g/mol. The summed E-state index contributed by atoms with van der Waals surface area (Å²) in [7, 11) is 0. The Hall–Kier alpha value is -2.26. The summed E-state index contributed by atoms with van der Waals surface area (Å²) >= 11 is 0. The largest absolute Gasteiger partial charge is 0.465 e. The normalized spacial score (nSPS) is 24.6. The average molecular weight is 376 g/mol. The van der Waals surface area contributed by atoms with Crippen LogP contribution in [0.4, 0.5) is 0 Å². The zero-order valence-corrected chi connectivity index (χ0v) is 16.5. The number of likely N-dealkylation sites (tertiary alicyclic amines) is 1. The van der Waals surface area contributed by atoms with Crippen LogP contribution in [0.25, 0.3) is 5.76 Å². The standard InChI is InChI=1S/C25H29NO2/c1-2-6-19(7-3-1)14-24-17-27-18-25(28-24)22-9-8-21-16-23(11-10-20(21)15-22)26-12-4-5-13-26/h1-2,6,8-9,15,17-18,23H,3-5,7,10-14,16H2. The molecule has 1 atom stereocenters. The van der Waals surface area contributed by atoms with Crippen molar-refractivity contribution in [2.24, 2.45) is 0 Å². The monoisotopic (exact) mass is 375 g/mol. The first-order chi connectivity index (χ1) is 13.8. The van der Waals surface area contributed by atoms with Crippen LogP contribution in [-0.4, -0.2) is 24.0 Å². The SMILES string of the molecule is C1=CCCC(CC2=COC=C(c3ccc4c(c3)CCC(N3CCCC3)C4)O2)=C1. The van der Waals surface area contributed by atoms with Crippen LogP contribution in [0, 0.1) is 0 Å². The third kappa shape index (κ3) is 3.81. The van der Waals surface area contributed by atoms with Gasteiger partial charge in [0.1, 0.15) is 18.3 Å². The molecule has 4 aliphatic rings. The van der Waals surface area contributed by atoms with Crippen molar-refractivity contribution in [3.8, 4) is 0 Å². The summed E-state index contributed by atoms with van der Waals surface area (Å²) in [6.07, 6.45) is 19.4. The van der Waals surface area contributed by atoms with Crippen molar-refractivity contribution in [2.45, 2.75) is 57.4 Å². The Labute approximate surface area is 168 Å². The first-order valence-electron chi connectivity index (χ1n) is 10.8. The van der Waals surface area contributed by atoms with Gasteiger partial charge in [0.05, 0.1) is 0 Å². The summed E-state index contributed by atoms with van der Waals surface area (Å²) in [5.74, 6) is 1.72. The second-order valence-corrected chi connectivity index (χ2v) is 8.40. The molecule has 3 nitrogen and oxygen atoms in total. The Kier molecular flexibility index (Phi) is 5.09. The predicted molar refractivity (Wildman–Crippen MR) is 112 cm³/mol. The van der Waals surface area contributed by atoms with E-state index in [1.165, 1.54) is 61.9 Å². The summed E-state index contributed by atoms with van der Waals surface area (Å²) < 4.78 is 11.8. The molecule has 0 bridgehead atoms. The zero-order chi connectivity index (χ0) is 18.8. The van der Waals surface area contributed by atoms with E-state index in [-0.39, 0.29) is 0 Å². The second kappa shape index (κ2) is 8.00. The maximum Gasteiger partial charge on any atom is 0.169 e. The topological polar surface area (TPSA) is 21.7 Å². The third-order valence-electron chi connectivity index (χ3n) is 6.47. The van der Waals surface area contributed by atoms with Gasteiger partial charge >= 0.3 is 0 Å². The summed E-state index contributed by atoms with van der Waals surface area (Å²) in [5.41, 5.74) is 5.52. The summed E-state index contributed by atoms with van der Waals surface area (Å²) in [5, 5.41) is 0. The maximum atomic E-state index is 6.19. The van der Waals surface area contributed by atoms with Gasteiger partial charge < -0.3 is 14.4 Å². The van der Waals surface area contributed by atoms with E-state index in [1.807, 2.05) is 0 Å². The van der Waals surface area contributed by atoms with Crippen LogP contribution in [0.2, 0.25) is 0 Å². The molecular formula is C25H29NO2. The Morgan fingerprint density at radius 1 is 1.04 bits per heavy atom. The van der Waals surface area contributed by atoms with Gasteiger partial charge in [0.25, 0.3) is 0 Å². The van der Waals surface area contributed by atoms with Crippen molar-refractivity contribution in [2.75, 3.05) is 13.1 Å². The number of nitrogens with zero attached hydrogens (tertiary/aromatic N) is 1. The lowest BCUT2D eigenvalue weighted by Gasteiger charge is -2.32. The predicted octanol–water partition coefficient (Wildman–Crippen LogP) is 5.49. The van der Waals surface area contributed by atoms with Gasteiger partial charge in [-0.3, -0.25) is 0 Å². The lowest BCUT2D eigenvalue weighted by atomic mass is 9.86. The van der Waals surface area contributed by atoms with E-state index in [2.05, 4.69) is 41.3 Å². The Morgan fingerprint density at radius 3 is 2.82 bits per heavy atom. The third-order valence-corrected chi connectivity index (χ3v) is 6.47. The molecule has 2 aliphatic heterocycles. The maximum absolute atomic E-state index is 6.19. The molecule has 5 rings (SSSR count). The van der Waals surface area contributed by atoms with Gasteiger partial charge in [0, 0.05) is 18.0 Å². The molecule has 1 fully saturated rings. The van der Waals surface area contributed by atoms with Crippen LogP contribution in [-0.2, 0) is 22.3 Å². The van der Waals surface area contributed by atoms with E-state index in [9.17, 15) is 0 Å². The van der Waals surface area contributed by atoms with Gasteiger partial charge in [0.2, 0.25) is 0 Å². The van der Waals surface area contributed by atoms with Gasteiger partial charge in [-0.2, -0.15) is 0 Å². The van der Waals surface area contributed by atoms with Crippen LogP contribution < -0.4 is 0 Å². The highest BCUT2D eigenvalue weighted by molar-refractivity contribution is 5.62. The summed E-state index contributed by atoms with van der Waals surface area (Å²) in [4.78, 5) is 2.70. The molecule has 0 N–H and O–H groups in total. The molecule has 28 heavy (non-hydrogen) atoms. The minimum atomic E-state index is 0.738. The van der Waals surface area contributed by atoms with Gasteiger partial charge in [0.15, 0.2) is 5.76 Å². The number of aryl methyl sites for hydroxylation is 1. The number of rotatable bonds is 4. The van der Waals surface area contributed by atoms with Crippen molar-refractivity contribution < 1.29 is 9.47 Å². The average Bonchev–Trinajstić information content (AvgIpc) is 3.29. The van der Waals surface area contributed by atoms with Crippen molar-refractivity contribution in [3.63, 3.8) is 0 Å². The lowest BCUT2D eigenvalue weighted by molar-refractivity contribution is 0.222. The van der Waals surface area contributed by atoms with Crippen LogP contribution in [0.3, 0.4) is 0 Å². The Morgan fingerprint density at radius 2 is 1.96 bits per heavy atom. The number of allylic oxidation sites excluding steroid dienone is 4. The van der Waals surface area contributed by atoms with E-state index < -0.39 is 0 Å². The summed E-state index contributed by atoms with van der Waals surface area (Å²) in [6.45, 7) is 2.58. The van der Waals surface area contributed by atoms with Crippen molar-refractivity contribution in [1.29, 1.82) is 0 Å². The van der Waals surface area contributed by atoms with Crippen molar-refractivity contribution >= 4 is 5.76 Å². The Bertz CT molecular complexity index is 855. The van der Waals surface area contributed by atoms with E-state index in [0.29, 0.717) is 0 Å². The minimum absolute atomic E-state index is 0.738. The molecule has 3 heteroatoms. The minimum Gasteiger partial charge on any atom is -0.465 e. The molecule has 1 unspecified atom stereocenters. The highest BCUT2D eigenvalue weighted by Crippen LogP contribution is 2.32. The number of fused-ring (bicyclic) bond motifs is 1. The zero-order valence-electron chi connectivity index (χ0n) is 16.5. The van der Waals surface area contributed by atoms with Crippen molar-refractivity contribution in [3.05, 3.63) is 77.0 Å². The van der Waals surface area contributed by atoms with Gasteiger partial charge in [-0.25, -0.2) is 0 Å². The molecule has 2 heterocycles. The first-order valence-corrected chi connectivity index (χ1v) is 10.8. The van der Waals surface area contributed by atoms with E-state index in [1.54, 1.807) is 12.5 Å². The smallest absolute Gasteiger partial charge is 0.169 e. The molecule has 0 amide bonds. The molecule has 1 aromatic carbocycles. The molecule has 146 valence electrons. The molecule has 1 aromatic rings. The van der Waals surface area contributed by atoms with Gasteiger partial charge in [-0.15, -0.1) is 0 Å². The fraction of sp³-hybridized carbons (Fsp3) is 0.440. The molecule has 0 aromatic heterocycles. The van der Waals surface area contributed by atoms with Crippen LogP contribution >= 0.6 is 0 Å². The molecule has 0 saturated carbocycles. The first kappa shape index (κ1) is 17.8. The number of hydrogen-bond donors (Lipinski definition) is 0. The Balaban J connectivity index is 1.26. The number of benzene rings is 1. The second-order valence-electron chi connectivity index (χ2n) is 8.40. The lowest BCUT2D eigenvalue weighted by Crippen LogP contribution is -2.37. The molecule has 0 spiro atoms. The number of ether oxygens (including phenoxy) is 2. The summed E-state index contributed by atoms with van der Waals surface area (Å²) in [6, 6.07) is 7.56. The van der Waals surface area contributed by atoms with E-state index in [4.69, 9.17) is 9.47 Å². The number of hydrogen-bond acceptors (Lipinski definition) is 3. The van der Waals surface area contributed by atoms with Crippen LogP contribution in [0.15, 0.2) is 60.3 Å². The van der Waals surface area contributed by atoms with E-state index in [0.717, 1.165) is 42.4 Å². The van der Waals surface area contributed by atoms with Gasteiger partial charge in [-0.05, 0) is 75.2 Å². The van der Waals surface area contributed by atoms with Crippen LogP contribution in [0.5, 0.6) is 0 Å². The van der Waals surface area contributed by atoms with Crippen molar-refractivity contribution in [1.82, 2.24) is 4.90 Å². The van der Waals surface area contributed by atoms with Gasteiger partial charge in [-0.1, -0.05) is 35.9 Å².